The molecule has 1 nitrogen and oxygen atoms in total. The molecule has 1 aromatic carbocycles. The Hall–Kier alpha value is -0.530. The molecule has 0 heterocycles. The maximum atomic E-state index is 6.08. The molecule has 21 heavy (non-hydrogen) atoms. The molecule has 1 N–H and O–H groups in total. The van der Waals surface area contributed by atoms with Crippen molar-refractivity contribution in [1.82, 2.24) is 5.32 Å². The summed E-state index contributed by atoms with van der Waals surface area (Å²) in [6.45, 7) is 3.29. The third kappa shape index (κ3) is 2.53. The number of hydrogen-bond acceptors (Lipinski definition) is 1. The average molecular weight is 304 g/mol. The van der Waals surface area contributed by atoms with Gasteiger partial charge >= 0.3 is 0 Å². The summed E-state index contributed by atoms with van der Waals surface area (Å²) in [6, 6.07) is 9.11. The fourth-order valence-corrected chi connectivity index (χ4v) is 6.00. The Labute approximate surface area is 133 Å². The second-order valence-corrected chi connectivity index (χ2v) is 8.03. The first-order chi connectivity index (χ1) is 10.2. The predicted octanol–water partition coefficient (Wildman–Crippen LogP) is 5.06. The lowest BCUT2D eigenvalue weighted by atomic mass is 9.50. The second kappa shape index (κ2) is 5.59. The van der Waals surface area contributed by atoms with Gasteiger partial charge in [-0.05, 0) is 85.9 Å². The van der Waals surface area contributed by atoms with Crippen LogP contribution in [0.25, 0.3) is 0 Å². The van der Waals surface area contributed by atoms with Gasteiger partial charge in [0.15, 0.2) is 0 Å². The normalized spacial score (nSPS) is 38.7. The molecular weight excluding hydrogens is 278 g/mol. The van der Waals surface area contributed by atoms with Crippen LogP contribution in [0.4, 0.5) is 0 Å². The molecule has 4 saturated carbocycles. The lowest BCUT2D eigenvalue weighted by molar-refractivity contribution is -0.0523. The minimum atomic E-state index is 0.530. The molecule has 0 amide bonds. The highest BCUT2D eigenvalue weighted by Gasteiger charge is 2.50. The zero-order valence-electron chi connectivity index (χ0n) is 12.9. The van der Waals surface area contributed by atoms with Crippen molar-refractivity contribution >= 4 is 11.6 Å². The minimum Gasteiger partial charge on any atom is -0.310 e. The number of benzene rings is 1. The third-order valence-electron chi connectivity index (χ3n) is 6.34. The average Bonchev–Trinajstić information content (AvgIpc) is 2.46. The van der Waals surface area contributed by atoms with E-state index in [2.05, 4.69) is 36.5 Å². The van der Waals surface area contributed by atoms with E-state index in [0.29, 0.717) is 6.04 Å². The van der Waals surface area contributed by atoms with Crippen molar-refractivity contribution in [3.8, 4) is 0 Å². The topological polar surface area (TPSA) is 12.0 Å². The Balaban J connectivity index is 1.63. The van der Waals surface area contributed by atoms with E-state index in [1.165, 1.54) is 37.7 Å². The molecule has 4 fully saturated rings. The number of rotatable bonds is 4. The van der Waals surface area contributed by atoms with Gasteiger partial charge in [0.05, 0.1) is 0 Å². The van der Waals surface area contributed by atoms with Gasteiger partial charge in [-0.25, -0.2) is 0 Å². The largest absolute Gasteiger partial charge is 0.310 e. The molecular formula is C19H26ClN. The van der Waals surface area contributed by atoms with Crippen LogP contribution in [-0.4, -0.2) is 6.54 Å². The van der Waals surface area contributed by atoms with Crippen LogP contribution in [0.2, 0.25) is 5.02 Å². The molecule has 0 aliphatic heterocycles. The maximum Gasteiger partial charge on any atom is 0.0406 e. The van der Waals surface area contributed by atoms with E-state index < -0.39 is 0 Å². The molecule has 2 heteroatoms. The minimum absolute atomic E-state index is 0.530. The van der Waals surface area contributed by atoms with Crippen molar-refractivity contribution in [2.45, 2.75) is 45.1 Å². The van der Waals surface area contributed by atoms with Crippen LogP contribution in [-0.2, 0) is 0 Å². The van der Waals surface area contributed by atoms with E-state index in [1.807, 2.05) is 0 Å². The number of hydrogen-bond donors (Lipinski definition) is 1. The van der Waals surface area contributed by atoms with Crippen LogP contribution in [0.3, 0.4) is 0 Å². The molecule has 114 valence electrons. The molecule has 4 aliphatic carbocycles. The fraction of sp³-hybridized carbons (Fsp3) is 0.684. The smallest absolute Gasteiger partial charge is 0.0406 e. The van der Waals surface area contributed by atoms with Crippen LogP contribution in [0.15, 0.2) is 24.3 Å². The molecule has 4 aliphatic rings. The van der Waals surface area contributed by atoms with Gasteiger partial charge in [0, 0.05) is 11.1 Å². The monoisotopic (exact) mass is 303 g/mol. The molecule has 4 bridgehead atoms. The van der Waals surface area contributed by atoms with Gasteiger partial charge in [-0.3, -0.25) is 0 Å². The van der Waals surface area contributed by atoms with Gasteiger partial charge in [0.2, 0.25) is 0 Å². The lowest BCUT2D eigenvalue weighted by Gasteiger charge is -2.56. The van der Waals surface area contributed by atoms with Gasteiger partial charge in [-0.1, -0.05) is 30.7 Å². The second-order valence-electron chi connectivity index (χ2n) is 7.59. The zero-order chi connectivity index (χ0) is 14.4. The van der Waals surface area contributed by atoms with Crippen LogP contribution in [0, 0.1) is 29.6 Å². The summed E-state index contributed by atoms with van der Waals surface area (Å²) in [5, 5.41) is 4.65. The van der Waals surface area contributed by atoms with Crippen molar-refractivity contribution < 1.29 is 0 Å². The van der Waals surface area contributed by atoms with Crippen LogP contribution in [0.1, 0.15) is 50.6 Å². The summed E-state index contributed by atoms with van der Waals surface area (Å²) in [7, 11) is 0. The Kier molecular flexibility index (Phi) is 3.75. The maximum absolute atomic E-state index is 6.08. The van der Waals surface area contributed by atoms with Crippen molar-refractivity contribution in [2.24, 2.45) is 29.6 Å². The Morgan fingerprint density at radius 3 is 2.10 bits per heavy atom. The molecule has 1 unspecified atom stereocenters. The lowest BCUT2D eigenvalue weighted by Crippen LogP contribution is -2.49. The van der Waals surface area contributed by atoms with E-state index in [9.17, 15) is 0 Å². The summed E-state index contributed by atoms with van der Waals surface area (Å²) in [5.74, 6) is 4.87. The van der Waals surface area contributed by atoms with E-state index >= 15 is 0 Å². The highest BCUT2D eigenvalue weighted by atomic mass is 35.5. The van der Waals surface area contributed by atoms with Crippen molar-refractivity contribution in [3.05, 3.63) is 34.9 Å². The Morgan fingerprint density at radius 1 is 1.00 bits per heavy atom. The number of halogens is 1. The first kappa shape index (κ1) is 14.1. The van der Waals surface area contributed by atoms with Crippen LogP contribution >= 0.6 is 11.6 Å². The summed E-state index contributed by atoms with van der Waals surface area (Å²) in [6.07, 6.45) is 7.51. The quantitative estimate of drug-likeness (QED) is 0.819. The van der Waals surface area contributed by atoms with E-state index in [4.69, 9.17) is 11.6 Å². The van der Waals surface area contributed by atoms with Crippen molar-refractivity contribution in [2.75, 3.05) is 6.54 Å². The Bertz CT molecular complexity index is 467. The van der Waals surface area contributed by atoms with Gasteiger partial charge in [0.25, 0.3) is 0 Å². The molecule has 5 rings (SSSR count). The van der Waals surface area contributed by atoms with E-state index in [1.54, 1.807) is 0 Å². The zero-order valence-corrected chi connectivity index (χ0v) is 13.7. The molecule has 1 aromatic rings. The third-order valence-corrected chi connectivity index (χ3v) is 6.59. The molecule has 0 aromatic heterocycles. The summed E-state index contributed by atoms with van der Waals surface area (Å²) in [4.78, 5) is 0. The Morgan fingerprint density at radius 2 is 1.57 bits per heavy atom. The molecule has 0 saturated heterocycles. The van der Waals surface area contributed by atoms with E-state index in [0.717, 1.165) is 41.2 Å². The number of nitrogens with one attached hydrogen (secondary N) is 1. The summed E-state index contributed by atoms with van der Waals surface area (Å²) >= 11 is 6.08. The highest BCUT2D eigenvalue weighted by Crippen LogP contribution is 2.59. The summed E-state index contributed by atoms with van der Waals surface area (Å²) in [5.41, 5.74) is 1.44. The fourth-order valence-electron chi connectivity index (χ4n) is 5.88. The molecule has 0 radical (unpaired) electrons. The van der Waals surface area contributed by atoms with Gasteiger partial charge in [-0.15, -0.1) is 0 Å². The standard InChI is InChI=1S/C19H26ClN/c1-2-21-19(14-3-5-17(20)6-4-14)18-15-8-12-7-13(10-15)11-16(18)9-12/h3-6,12-13,15-16,18-19,21H,2,7-11H2,1H3. The van der Waals surface area contributed by atoms with Gasteiger partial charge in [0.1, 0.15) is 0 Å². The SMILES string of the molecule is CCNC(c1ccc(Cl)cc1)C1C2CC3CC(C2)CC1C3. The first-order valence-corrected chi connectivity index (χ1v) is 9.11. The van der Waals surface area contributed by atoms with Crippen molar-refractivity contribution in [3.63, 3.8) is 0 Å². The molecule has 0 spiro atoms. The molecule has 1 atom stereocenters. The van der Waals surface area contributed by atoms with Gasteiger partial charge < -0.3 is 5.32 Å². The highest BCUT2D eigenvalue weighted by molar-refractivity contribution is 6.30. The van der Waals surface area contributed by atoms with Crippen LogP contribution < -0.4 is 5.32 Å². The van der Waals surface area contributed by atoms with Crippen LogP contribution in [0.5, 0.6) is 0 Å². The van der Waals surface area contributed by atoms with Crippen molar-refractivity contribution in [1.29, 1.82) is 0 Å². The van der Waals surface area contributed by atoms with Gasteiger partial charge in [-0.2, -0.15) is 0 Å². The van der Waals surface area contributed by atoms with E-state index in [-0.39, 0.29) is 0 Å². The first-order valence-electron chi connectivity index (χ1n) is 8.73. The summed E-state index contributed by atoms with van der Waals surface area (Å²) < 4.78 is 0. The predicted molar refractivity (Wildman–Crippen MR) is 88.4 cm³/mol.